The Morgan fingerprint density at radius 2 is 1.20 bits per heavy atom. The maximum atomic E-state index is 13.7. The van der Waals surface area contributed by atoms with Gasteiger partial charge in [0.15, 0.2) is 5.97 Å². The Hall–Kier alpha value is -3.21. The number of halogens is 2. The Bertz CT molecular complexity index is 820. The lowest BCUT2D eigenvalue weighted by Gasteiger charge is -2.23. The van der Waals surface area contributed by atoms with Crippen LogP contribution in [0, 0.1) is 0 Å². The fraction of sp³-hybridized carbons (Fsp3) is 0.0500. The highest BCUT2D eigenvalue weighted by atomic mass is 19.3. The van der Waals surface area contributed by atoms with E-state index in [2.05, 4.69) is 4.74 Å². The number of ether oxygens (including phenoxy) is 1. The van der Waals surface area contributed by atoms with Crippen LogP contribution in [0.2, 0.25) is 0 Å². The van der Waals surface area contributed by atoms with Crippen molar-refractivity contribution in [1.82, 2.24) is 0 Å². The fourth-order valence-electron chi connectivity index (χ4n) is 2.51. The Morgan fingerprint density at radius 3 is 1.60 bits per heavy atom. The zero-order chi connectivity index (χ0) is 17.9. The number of benzene rings is 3. The number of para-hydroxylation sites is 1. The normalized spacial score (nSPS) is 11.1. The Balaban J connectivity index is 2.21. The number of hydrogen-bond acceptors (Lipinski definition) is 3. The molecule has 5 heteroatoms. The molecule has 3 aromatic carbocycles. The lowest BCUT2D eigenvalue weighted by atomic mass is 9.97. The van der Waals surface area contributed by atoms with Gasteiger partial charge in [-0.3, -0.25) is 0 Å². The van der Waals surface area contributed by atoms with Crippen LogP contribution in [0.15, 0.2) is 78.9 Å². The van der Waals surface area contributed by atoms with Crippen LogP contribution in [0.5, 0.6) is 5.75 Å². The number of hydrogen-bond donors (Lipinski definition) is 0. The standard InChI is InChI=1S/C20H14F2O3/c21-20(22,19(23)24)25-18-16(14-8-3-1-4-9-14)12-7-13-17(18)15-10-5-2-6-11-15/h1-13H,(H,23,24)/p-1. The minimum absolute atomic E-state index is 0.214. The van der Waals surface area contributed by atoms with E-state index in [1.807, 2.05) is 0 Å². The van der Waals surface area contributed by atoms with E-state index in [4.69, 9.17) is 0 Å². The van der Waals surface area contributed by atoms with Gasteiger partial charge in [0, 0.05) is 11.1 Å². The molecule has 0 saturated carbocycles. The van der Waals surface area contributed by atoms with Gasteiger partial charge in [-0.05, 0) is 11.1 Å². The van der Waals surface area contributed by atoms with E-state index in [1.165, 1.54) is 0 Å². The molecule has 0 aliphatic carbocycles. The highest BCUT2D eigenvalue weighted by Crippen LogP contribution is 2.41. The first-order valence-corrected chi connectivity index (χ1v) is 7.51. The summed E-state index contributed by atoms with van der Waals surface area (Å²) in [5, 5.41) is 10.7. The number of aliphatic carboxylic acids is 1. The van der Waals surface area contributed by atoms with Crippen molar-refractivity contribution in [1.29, 1.82) is 0 Å². The second-order valence-corrected chi connectivity index (χ2v) is 5.32. The largest absolute Gasteiger partial charge is 0.541 e. The number of carbonyl (C=O) groups excluding carboxylic acids is 1. The molecule has 0 heterocycles. The predicted molar refractivity (Wildman–Crippen MR) is 87.9 cm³/mol. The van der Waals surface area contributed by atoms with Crippen molar-refractivity contribution < 1.29 is 23.4 Å². The van der Waals surface area contributed by atoms with Gasteiger partial charge in [-0.25, -0.2) is 0 Å². The first-order valence-electron chi connectivity index (χ1n) is 7.51. The highest BCUT2D eigenvalue weighted by Gasteiger charge is 2.36. The fourth-order valence-corrected chi connectivity index (χ4v) is 2.51. The average Bonchev–Trinajstić information content (AvgIpc) is 2.63. The van der Waals surface area contributed by atoms with E-state index in [9.17, 15) is 18.7 Å². The molecule has 3 aromatic rings. The molecular formula is C20H13F2O3-. The molecule has 3 rings (SSSR count). The summed E-state index contributed by atoms with van der Waals surface area (Å²) < 4.78 is 32.1. The van der Waals surface area contributed by atoms with Crippen LogP contribution < -0.4 is 9.84 Å². The highest BCUT2D eigenvalue weighted by molar-refractivity contribution is 5.83. The van der Waals surface area contributed by atoms with Crippen molar-refractivity contribution in [2.24, 2.45) is 0 Å². The molecule has 0 radical (unpaired) electrons. The van der Waals surface area contributed by atoms with Crippen LogP contribution in [-0.2, 0) is 4.79 Å². The van der Waals surface area contributed by atoms with Crippen molar-refractivity contribution in [2.45, 2.75) is 6.11 Å². The van der Waals surface area contributed by atoms with Crippen LogP contribution in [0.1, 0.15) is 0 Å². The lowest BCUT2D eigenvalue weighted by molar-refractivity contribution is -0.350. The molecule has 126 valence electrons. The molecule has 25 heavy (non-hydrogen) atoms. The van der Waals surface area contributed by atoms with Crippen molar-refractivity contribution in [3.63, 3.8) is 0 Å². The summed E-state index contributed by atoms with van der Waals surface area (Å²) in [4.78, 5) is 10.7. The van der Waals surface area contributed by atoms with Crippen LogP contribution in [0.25, 0.3) is 22.3 Å². The molecule has 0 aliphatic rings. The number of alkyl halides is 2. The predicted octanol–water partition coefficient (Wildman–Crippen LogP) is 3.74. The zero-order valence-corrected chi connectivity index (χ0v) is 13.0. The number of rotatable bonds is 5. The maximum absolute atomic E-state index is 13.7. The van der Waals surface area contributed by atoms with Gasteiger partial charge in [-0.15, -0.1) is 0 Å². The summed E-state index contributed by atoms with van der Waals surface area (Å²) in [6.45, 7) is 0. The molecule has 0 unspecified atom stereocenters. The molecule has 0 spiro atoms. The van der Waals surface area contributed by atoms with Crippen LogP contribution >= 0.6 is 0 Å². The summed E-state index contributed by atoms with van der Waals surface area (Å²) in [5.41, 5.74) is 1.99. The van der Waals surface area contributed by atoms with Gasteiger partial charge in [-0.2, -0.15) is 8.78 Å². The monoisotopic (exact) mass is 339 g/mol. The number of carboxylic acids is 1. The molecule has 0 amide bonds. The van der Waals surface area contributed by atoms with E-state index < -0.39 is 12.1 Å². The van der Waals surface area contributed by atoms with Gasteiger partial charge in [-0.1, -0.05) is 78.9 Å². The quantitative estimate of drug-likeness (QED) is 0.711. The Labute approximate surface area is 143 Å². The molecule has 0 atom stereocenters. The van der Waals surface area contributed by atoms with E-state index in [0.717, 1.165) is 0 Å². The lowest BCUT2D eigenvalue weighted by Crippen LogP contribution is -2.45. The molecule has 3 nitrogen and oxygen atoms in total. The van der Waals surface area contributed by atoms with E-state index in [0.29, 0.717) is 22.3 Å². The zero-order valence-electron chi connectivity index (χ0n) is 13.0. The maximum Gasteiger partial charge on any atom is 0.441 e. The van der Waals surface area contributed by atoms with Gasteiger partial charge in [0.25, 0.3) is 0 Å². The summed E-state index contributed by atoms with van der Waals surface area (Å²) in [6.07, 6.45) is -4.45. The van der Waals surface area contributed by atoms with E-state index >= 15 is 0 Å². The topological polar surface area (TPSA) is 49.4 Å². The molecule has 0 saturated heterocycles. The van der Waals surface area contributed by atoms with Gasteiger partial charge >= 0.3 is 6.11 Å². The van der Waals surface area contributed by atoms with Gasteiger partial charge < -0.3 is 14.6 Å². The van der Waals surface area contributed by atoms with Gasteiger partial charge in [0.1, 0.15) is 5.75 Å². The summed E-state index contributed by atoms with van der Waals surface area (Å²) in [7, 11) is 0. The van der Waals surface area contributed by atoms with Crippen molar-refractivity contribution in [2.75, 3.05) is 0 Å². The second-order valence-electron chi connectivity index (χ2n) is 5.32. The van der Waals surface area contributed by atoms with Gasteiger partial charge in [0.2, 0.25) is 0 Å². The summed E-state index contributed by atoms with van der Waals surface area (Å²) in [6, 6.07) is 22.4. The minimum atomic E-state index is -4.45. The number of carboxylic acid groups (broad SMARTS) is 1. The van der Waals surface area contributed by atoms with Gasteiger partial charge in [0.05, 0.1) is 0 Å². The molecular weight excluding hydrogens is 326 g/mol. The van der Waals surface area contributed by atoms with E-state index in [-0.39, 0.29) is 5.75 Å². The molecule has 0 bridgehead atoms. The van der Waals surface area contributed by atoms with Crippen LogP contribution in [0.4, 0.5) is 8.78 Å². The van der Waals surface area contributed by atoms with Crippen LogP contribution in [0.3, 0.4) is 0 Å². The molecule has 0 fully saturated rings. The van der Waals surface area contributed by atoms with Crippen molar-refractivity contribution in [3.05, 3.63) is 78.9 Å². The molecule has 0 aliphatic heterocycles. The third-order valence-electron chi connectivity index (χ3n) is 3.65. The third-order valence-corrected chi connectivity index (χ3v) is 3.65. The summed E-state index contributed by atoms with van der Waals surface area (Å²) in [5.74, 6) is -2.80. The summed E-state index contributed by atoms with van der Waals surface area (Å²) >= 11 is 0. The van der Waals surface area contributed by atoms with Crippen molar-refractivity contribution in [3.8, 4) is 28.0 Å². The first-order chi connectivity index (χ1) is 12.0. The average molecular weight is 339 g/mol. The van der Waals surface area contributed by atoms with Crippen LogP contribution in [-0.4, -0.2) is 12.1 Å². The number of carbonyl (C=O) groups is 1. The second kappa shape index (κ2) is 6.73. The molecule has 0 aromatic heterocycles. The minimum Gasteiger partial charge on any atom is -0.541 e. The smallest absolute Gasteiger partial charge is 0.441 e. The Morgan fingerprint density at radius 1 is 0.760 bits per heavy atom. The first kappa shape index (κ1) is 16.6. The molecule has 0 N–H and O–H groups in total. The van der Waals surface area contributed by atoms with Crippen molar-refractivity contribution >= 4 is 5.97 Å². The van der Waals surface area contributed by atoms with E-state index in [1.54, 1.807) is 78.9 Å². The Kier molecular flexibility index (Phi) is 4.48. The SMILES string of the molecule is O=C([O-])C(F)(F)Oc1c(-c2ccccc2)cccc1-c1ccccc1. The third kappa shape index (κ3) is 3.50.